The van der Waals surface area contributed by atoms with Gasteiger partial charge in [0.05, 0.1) is 5.02 Å². The molecule has 1 aliphatic heterocycles. The summed E-state index contributed by atoms with van der Waals surface area (Å²) >= 11 is 7.97. The van der Waals surface area contributed by atoms with Crippen LogP contribution in [-0.4, -0.2) is 12.8 Å². The van der Waals surface area contributed by atoms with Gasteiger partial charge in [-0.3, -0.25) is 0 Å². The predicted octanol–water partition coefficient (Wildman–Crippen LogP) is 2.71. The second-order valence-electron chi connectivity index (χ2n) is 3.15. The average molecular weight is 214 g/mol. The van der Waals surface area contributed by atoms with Crippen molar-refractivity contribution in [1.82, 2.24) is 5.32 Å². The summed E-state index contributed by atoms with van der Waals surface area (Å²) in [6, 6.07) is 4.32. The van der Waals surface area contributed by atoms with Crippen LogP contribution in [0.1, 0.15) is 11.1 Å². The molecule has 1 aromatic carbocycles. The smallest absolute Gasteiger partial charge is 0.0589 e. The highest BCUT2D eigenvalue weighted by atomic mass is 35.5. The fourth-order valence-electron chi connectivity index (χ4n) is 1.66. The van der Waals surface area contributed by atoms with Crippen molar-refractivity contribution in [3.8, 4) is 0 Å². The van der Waals surface area contributed by atoms with E-state index in [1.807, 2.05) is 0 Å². The third-order valence-corrected chi connectivity index (χ3v) is 3.72. The van der Waals surface area contributed by atoms with Gasteiger partial charge in [0.1, 0.15) is 0 Å². The Labute approximate surface area is 87.9 Å². The minimum atomic E-state index is 0.919. The molecule has 2 rings (SSSR count). The fraction of sp³-hybridized carbons (Fsp3) is 0.400. The molecular weight excluding hydrogens is 202 g/mol. The van der Waals surface area contributed by atoms with Crippen LogP contribution in [0, 0.1) is 0 Å². The molecule has 0 saturated heterocycles. The highest BCUT2D eigenvalue weighted by Crippen LogP contribution is 2.32. The first-order valence-corrected chi connectivity index (χ1v) is 5.98. The van der Waals surface area contributed by atoms with Gasteiger partial charge in [0.25, 0.3) is 0 Å². The number of hydrogen-bond acceptors (Lipinski definition) is 2. The van der Waals surface area contributed by atoms with Crippen LogP contribution in [0.25, 0.3) is 0 Å². The highest BCUT2D eigenvalue weighted by Gasteiger charge is 2.13. The van der Waals surface area contributed by atoms with E-state index in [4.69, 9.17) is 11.6 Å². The number of thioether (sulfide) groups is 1. The molecule has 1 aromatic rings. The van der Waals surface area contributed by atoms with Crippen LogP contribution < -0.4 is 5.32 Å². The van der Waals surface area contributed by atoms with Gasteiger partial charge in [0.15, 0.2) is 0 Å². The molecule has 0 spiro atoms. The van der Waals surface area contributed by atoms with Crippen molar-refractivity contribution in [2.24, 2.45) is 0 Å². The first-order valence-electron chi connectivity index (χ1n) is 4.38. The maximum absolute atomic E-state index is 6.27. The molecule has 0 unspecified atom stereocenters. The lowest BCUT2D eigenvalue weighted by Gasteiger charge is -2.19. The van der Waals surface area contributed by atoms with Crippen molar-refractivity contribution in [2.75, 3.05) is 12.8 Å². The number of benzene rings is 1. The molecule has 0 amide bonds. The third-order valence-electron chi connectivity index (χ3n) is 2.40. The molecule has 0 fully saturated rings. The minimum Gasteiger partial charge on any atom is -0.312 e. The van der Waals surface area contributed by atoms with Gasteiger partial charge in [-0.2, -0.15) is 0 Å². The lowest BCUT2D eigenvalue weighted by atomic mass is 10.0. The van der Waals surface area contributed by atoms with E-state index >= 15 is 0 Å². The van der Waals surface area contributed by atoms with Gasteiger partial charge in [-0.15, -0.1) is 11.8 Å². The van der Waals surface area contributed by atoms with Gasteiger partial charge in [-0.25, -0.2) is 0 Å². The molecule has 1 aliphatic rings. The standard InChI is InChI=1S/C10H12ClNS/c1-13-9-3-2-7-4-5-12-6-8(7)10(9)11/h2-3,12H,4-6H2,1H3. The first kappa shape index (κ1) is 9.38. The zero-order chi connectivity index (χ0) is 9.26. The van der Waals surface area contributed by atoms with Gasteiger partial charge < -0.3 is 5.32 Å². The minimum absolute atomic E-state index is 0.919. The Balaban J connectivity index is 2.48. The number of fused-ring (bicyclic) bond motifs is 1. The molecule has 1 heterocycles. The van der Waals surface area contributed by atoms with Crippen molar-refractivity contribution in [1.29, 1.82) is 0 Å². The van der Waals surface area contributed by atoms with Crippen molar-refractivity contribution in [3.05, 3.63) is 28.3 Å². The summed E-state index contributed by atoms with van der Waals surface area (Å²) in [5.41, 5.74) is 2.70. The van der Waals surface area contributed by atoms with Gasteiger partial charge in [-0.1, -0.05) is 17.7 Å². The molecule has 0 atom stereocenters. The predicted molar refractivity (Wildman–Crippen MR) is 58.6 cm³/mol. The maximum Gasteiger partial charge on any atom is 0.0589 e. The fourth-order valence-corrected chi connectivity index (χ4v) is 2.65. The Morgan fingerprint density at radius 1 is 1.46 bits per heavy atom. The van der Waals surface area contributed by atoms with Gasteiger partial charge in [0.2, 0.25) is 0 Å². The molecule has 1 nitrogen and oxygen atoms in total. The maximum atomic E-state index is 6.27. The average Bonchev–Trinajstić information content (AvgIpc) is 2.19. The lowest BCUT2D eigenvalue weighted by molar-refractivity contribution is 0.642. The number of rotatable bonds is 1. The van der Waals surface area contributed by atoms with E-state index in [0.29, 0.717) is 0 Å². The first-order chi connectivity index (χ1) is 6.33. The molecule has 70 valence electrons. The van der Waals surface area contributed by atoms with Crippen LogP contribution in [0.5, 0.6) is 0 Å². The molecule has 0 bridgehead atoms. The lowest BCUT2D eigenvalue weighted by Crippen LogP contribution is -2.23. The summed E-state index contributed by atoms with van der Waals surface area (Å²) in [6.45, 7) is 1.99. The van der Waals surface area contributed by atoms with E-state index in [9.17, 15) is 0 Å². The Bertz CT molecular complexity index is 325. The number of hydrogen-bond donors (Lipinski definition) is 1. The summed E-state index contributed by atoms with van der Waals surface area (Å²) in [5, 5.41) is 4.28. The zero-order valence-corrected chi connectivity index (χ0v) is 9.13. The second-order valence-corrected chi connectivity index (χ2v) is 4.37. The van der Waals surface area contributed by atoms with Crippen LogP contribution in [0.4, 0.5) is 0 Å². The molecular formula is C10H12ClNS. The Kier molecular flexibility index (Phi) is 2.82. The summed E-state index contributed by atoms with van der Waals surface area (Å²) in [6.07, 6.45) is 3.16. The SMILES string of the molecule is CSc1ccc2c(c1Cl)CNCC2. The molecule has 0 radical (unpaired) electrons. The van der Waals surface area contributed by atoms with E-state index in [-0.39, 0.29) is 0 Å². The Hall–Kier alpha value is -0.180. The molecule has 0 aromatic heterocycles. The van der Waals surface area contributed by atoms with Crippen molar-refractivity contribution < 1.29 is 0 Å². The number of nitrogens with one attached hydrogen (secondary N) is 1. The molecule has 0 saturated carbocycles. The summed E-state index contributed by atoms with van der Waals surface area (Å²) in [5.74, 6) is 0. The van der Waals surface area contributed by atoms with Crippen molar-refractivity contribution in [2.45, 2.75) is 17.9 Å². The quantitative estimate of drug-likeness (QED) is 0.720. The van der Waals surface area contributed by atoms with Gasteiger partial charge in [-0.05, 0) is 36.4 Å². The normalized spacial score (nSPS) is 15.5. The van der Waals surface area contributed by atoms with Gasteiger partial charge >= 0.3 is 0 Å². The van der Waals surface area contributed by atoms with Crippen LogP contribution >= 0.6 is 23.4 Å². The van der Waals surface area contributed by atoms with E-state index in [1.54, 1.807) is 11.8 Å². The van der Waals surface area contributed by atoms with Crippen LogP contribution in [0.15, 0.2) is 17.0 Å². The van der Waals surface area contributed by atoms with Crippen molar-refractivity contribution in [3.63, 3.8) is 0 Å². The largest absolute Gasteiger partial charge is 0.312 e. The Morgan fingerprint density at radius 2 is 2.31 bits per heavy atom. The second kappa shape index (κ2) is 3.91. The van der Waals surface area contributed by atoms with Crippen LogP contribution in [0.3, 0.4) is 0 Å². The summed E-state index contributed by atoms with van der Waals surface area (Å²) in [7, 11) is 0. The molecule has 1 N–H and O–H groups in total. The topological polar surface area (TPSA) is 12.0 Å². The monoisotopic (exact) mass is 213 g/mol. The Morgan fingerprint density at radius 3 is 3.08 bits per heavy atom. The van der Waals surface area contributed by atoms with Crippen molar-refractivity contribution >= 4 is 23.4 Å². The highest BCUT2D eigenvalue weighted by molar-refractivity contribution is 7.98. The zero-order valence-electron chi connectivity index (χ0n) is 7.56. The number of halogens is 1. The third kappa shape index (κ3) is 1.71. The van der Waals surface area contributed by atoms with E-state index in [1.165, 1.54) is 16.0 Å². The van der Waals surface area contributed by atoms with E-state index in [2.05, 4.69) is 23.7 Å². The van der Waals surface area contributed by atoms with E-state index < -0.39 is 0 Å². The van der Waals surface area contributed by atoms with Crippen LogP contribution in [0.2, 0.25) is 5.02 Å². The van der Waals surface area contributed by atoms with E-state index in [0.717, 1.165) is 24.5 Å². The molecule has 13 heavy (non-hydrogen) atoms. The molecule has 3 heteroatoms. The van der Waals surface area contributed by atoms with Crippen LogP contribution in [-0.2, 0) is 13.0 Å². The van der Waals surface area contributed by atoms with Gasteiger partial charge in [0, 0.05) is 11.4 Å². The summed E-state index contributed by atoms with van der Waals surface area (Å²) < 4.78 is 0. The summed E-state index contributed by atoms with van der Waals surface area (Å²) in [4.78, 5) is 1.18. The molecule has 0 aliphatic carbocycles.